The summed E-state index contributed by atoms with van der Waals surface area (Å²) in [6.07, 6.45) is 0. The van der Waals surface area contributed by atoms with Crippen molar-refractivity contribution >= 4 is 30.8 Å². The molecular formula is C20H23B2O2. The zero-order valence-electron chi connectivity index (χ0n) is 15.5. The summed E-state index contributed by atoms with van der Waals surface area (Å²) in [7, 11) is 2.16. The molecule has 0 bridgehead atoms. The molecule has 4 heteroatoms. The minimum absolute atomic E-state index is 0.211. The van der Waals surface area contributed by atoms with Gasteiger partial charge in [0.25, 0.3) is 0 Å². The van der Waals surface area contributed by atoms with Crippen LogP contribution < -0.4 is 16.4 Å². The average molecular weight is 317 g/mol. The minimum Gasteiger partial charge on any atom is -0.405 e. The Bertz CT molecular complexity index is 865. The van der Waals surface area contributed by atoms with Crippen molar-refractivity contribution in [3.8, 4) is 11.1 Å². The monoisotopic (exact) mass is 317 g/mol. The van der Waals surface area contributed by atoms with Gasteiger partial charge in [-0.15, -0.1) is 0 Å². The standard InChI is InChI=1S/C20H23B2O2/c1-10-9-16(22-23-7-8-24-22)15(6)20-17(10)18-13(4)11(2)12(3)14(5)19(18)21-20/h9H,7-8H2,1-6H3. The van der Waals surface area contributed by atoms with Crippen LogP contribution in [0.25, 0.3) is 11.1 Å². The van der Waals surface area contributed by atoms with E-state index in [4.69, 9.17) is 9.31 Å². The molecule has 0 atom stereocenters. The van der Waals surface area contributed by atoms with Crippen LogP contribution in [0, 0.1) is 41.5 Å². The first-order chi connectivity index (χ1) is 11.4. The van der Waals surface area contributed by atoms with Crippen molar-refractivity contribution in [2.75, 3.05) is 13.2 Å². The number of benzene rings is 2. The van der Waals surface area contributed by atoms with E-state index in [0.29, 0.717) is 13.2 Å². The van der Waals surface area contributed by atoms with Gasteiger partial charge in [-0.3, -0.25) is 0 Å². The van der Waals surface area contributed by atoms with E-state index in [1.165, 1.54) is 60.9 Å². The van der Waals surface area contributed by atoms with E-state index in [0.717, 1.165) is 0 Å². The molecule has 2 aromatic rings. The van der Waals surface area contributed by atoms with Gasteiger partial charge in [-0.1, -0.05) is 28.1 Å². The number of rotatable bonds is 1. The molecule has 0 amide bonds. The molecule has 2 nitrogen and oxygen atoms in total. The van der Waals surface area contributed by atoms with Crippen LogP contribution in [-0.4, -0.2) is 27.6 Å². The Hall–Kier alpha value is -1.51. The first kappa shape index (κ1) is 16.0. The van der Waals surface area contributed by atoms with Crippen LogP contribution in [0.1, 0.15) is 33.4 Å². The zero-order chi connectivity index (χ0) is 17.2. The maximum atomic E-state index is 5.76. The fraction of sp³-hybridized carbons (Fsp3) is 0.400. The van der Waals surface area contributed by atoms with Crippen molar-refractivity contribution in [1.29, 1.82) is 0 Å². The number of fused-ring (bicyclic) bond motifs is 3. The summed E-state index contributed by atoms with van der Waals surface area (Å²) in [6, 6.07) is 2.26. The summed E-state index contributed by atoms with van der Waals surface area (Å²) in [4.78, 5) is 0. The van der Waals surface area contributed by atoms with E-state index in [2.05, 4.69) is 54.9 Å². The van der Waals surface area contributed by atoms with Crippen molar-refractivity contribution in [3.05, 3.63) is 39.4 Å². The lowest BCUT2D eigenvalue weighted by Crippen LogP contribution is -2.39. The topological polar surface area (TPSA) is 18.5 Å². The van der Waals surface area contributed by atoms with Gasteiger partial charge in [-0.05, 0) is 80.4 Å². The van der Waals surface area contributed by atoms with Crippen molar-refractivity contribution in [3.63, 3.8) is 0 Å². The quantitative estimate of drug-likeness (QED) is 0.639. The normalized spacial score (nSPS) is 15.5. The average Bonchev–Trinajstić information content (AvgIpc) is 3.22. The van der Waals surface area contributed by atoms with Crippen LogP contribution in [0.4, 0.5) is 0 Å². The van der Waals surface area contributed by atoms with E-state index < -0.39 is 0 Å². The highest BCUT2D eigenvalue weighted by Gasteiger charge is 2.34. The second kappa shape index (κ2) is 5.50. The minimum atomic E-state index is -0.211. The smallest absolute Gasteiger partial charge is 0.405 e. The van der Waals surface area contributed by atoms with Crippen LogP contribution in [0.5, 0.6) is 0 Å². The summed E-state index contributed by atoms with van der Waals surface area (Å²) >= 11 is 0. The fourth-order valence-electron chi connectivity index (χ4n) is 4.25. The van der Waals surface area contributed by atoms with Crippen molar-refractivity contribution in [2.24, 2.45) is 0 Å². The molecule has 0 spiro atoms. The van der Waals surface area contributed by atoms with Crippen LogP contribution >= 0.6 is 0 Å². The molecule has 2 aromatic carbocycles. The molecule has 2 aliphatic heterocycles. The lowest BCUT2D eigenvalue weighted by molar-refractivity contribution is 0.365. The molecule has 24 heavy (non-hydrogen) atoms. The predicted octanol–water partition coefficient (Wildman–Crippen LogP) is 1.91. The van der Waals surface area contributed by atoms with Gasteiger partial charge in [0.1, 0.15) is 0 Å². The maximum Gasteiger partial charge on any atom is 0.494 e. The van der Waals surface area contributed by atoms with Crippen LogP contribution in [-0.2, 0) is 9.31 Å². The highest BCUT2D eigenvalue weighted by Crippen LogP contribution is 2.32. The molecule has 4 rings (SSSR count). The Kier molecular flexibility index (Phi) is 3.67. The molecule has 1 fully saturated rings. The third-order valence-corrected chi connectivity index (χ3v) is 6.02. The molecule has 2 heterocycles. The number of hydrogen-bond donors (Lipinski definition) is 0. The Morgan fingerprint density at radius 2 is 1.33 bits per heavy atom. The van der Waals surface area contributed by atoms with Crippen LogP contribution in [0.2, 0.25) is 0 Å². The van der Waals surface area contributed by atoms with Gasteiger partial charge in [0.15, 0.2) is 7.28 Å². The predicted molar refractivity (Wildman–Crippen MR) is 103 cm³/mol. The van der Waals surface area contributed by atoms with Crippen molar-refractivity contribution in [2.45, 2.75) is 41.5 Å². The van der Waals surface area contributed by atoms with Gasteiger partial charge < -0.3 is 9.31 Å². The van der Waals surface area contributed by atoms with Gasteiger partial charge in [-0.2, -0.15) is 0 Å². The Labute approximate surface area is 146 Å². The maximum absolute atomic E-state index is 5.76. The molecule has 0 unspecified atom stereocenters. The Balaban J connectivity index is 1.97. The van der Waals surface area contributed by atoms with E-state index >= 15 is 0 Å². The third kappa shape index (κ3) is 2.06. The molecule has 1 radical (unpaired) electrons. The highest BCUT2D eigenvalue weighted by molar-refractivity contribution is 6.75. The fourth-order valence-corrected chi connectivity index (χ4v) is 4.25. The second-order valence-electron chi connectivity index (χ2n) is 7.20. The molecule has 121 valence electrons. The van der Waals surface area contributed by atoms with E-state index in [-0.39, 0.29) is 7.12 Å². The van der Waals surface area contributed by atoms with Gasteiger partial charge in [0.05, 0.1) is 13.2 Å². The molecule has 1 saturated heterocycles. The summed E-state index contributed by atoms with van der Waals surface area (Å²) in [5, 5.41) is 0. The van der Waals surface area contributed by atoms with Crippen molar-refractivity contribution < 1.29 is 9.31 Å². The second-order valence-corrected chi connectivity index (χ2v) is 7.20. The highest BCUT2D eigenvalue weighted by atomic mass is 16.6. The summed E-state index contributed by atoms with van der Waals surface area (Å²) < 4.78 is 11.5. The zero-order valence-corrected chi connectivity index (χ0v) is 15.5. The van der Waals surface area contributed by atoms with Gasteiger partial charge in [0.2, 0.25) is 0 Å². The lowest BCUT2D eigenvalue weighted by Gasteiger charge is -2.19. The SMILES string of the molecule is Cc1cc(B2OCCO2)c(C)c2c1-c1c(C)c(C)c(C)c(C)c1[B]2. The molecule has 0 aromatic heterocycles. The summed E-state index contributed by atoms with van der Waals surface area (Å²) in [6.45, 7) is 14.8. The van der Waals surface area contributed by atoms with Crippen LogP contribution in [0.15, 0.2) is 6.07 Å². The first-order valence-electron chi connectivity index (χ1n) is 8.74. The van der Waals surface area contributed by atoms with Gasteiger partial charge >= 0.3 is 7.12 Å². The first-order valence-corrected chi connectivity index (χ1v) is 8.74. The third-order valence-electron chi connectivity index (χ3n) is 6.02. The van der Waals surface area contributed by atoms with Gasteiger partial charge in [-0.25, -0.2) is 0 Å². The number of hydrogen-bond acceptors (Lipinski definition) is 2. The largest absolute Gasteiger partial charge is 0.494 e. The molecule has 0 saturated carbocycles. The summed E-state index contributed by atoms with van der Waals surface area (Å²) in [5.41, 5.74) is 15.0. The summed E-state index contributed by atoms with van der Waals surface area (Å²) in [5.74, 6) is 0. The Morgan fingerprint density at radius 1 is 0.750 bits per heavy atom. The Morgan fingerprint density at radius 3 is 2.00 bits per heavy atom. The van der Waals surface area contributed by atoms with E-state index in [1.807, 2.05) is 0 Å². The molecule has 0 N–H and O–H groups in total. The number of aryl methyl sites for hydroxylation is 1. The van der Waals surface area contributed by atoms with E-state index in [1.54, 1.807) is 0 Å². The van der Waals surface area contributed by atoms with E-state index in [9.17, 15) is 0 Å². The molecule has 2 aliphatic rings. The van der Waals surface area contributed by atoms with Gasteiger partial charge in [0, 0.05) is 0 Å². The van der Waals surface area contributed by atoms with Crippen molar-refractivity contribution in [1.82, 2.24) is 0 Å². The molecule has 0 aliphatic carbocycles. The lowest BCUT2D eigenvalue weighted by atomic mass is 9.61. The molecular weight excluding hydrogens is 294 g/mol. The van der Waals surface area contributed by atoms with Crippen LogP contribution in [0.3, 0.4) is 0 Å².